The number of aromatic nitrogens is 2. The first-order chi connectivity index (χ1) is 8.22. The van der Waals surface area contributed by atoms with Gasteiger partial charge < -0.3 is 4.74 Å². The molecule has 0 aromatic carbocycles. The standard InChI is InChI=1S/C13H12N2O2/c1-9-4-3-7-14-12(9)10-5-6-11(15-8-10)13(16)17-2/h3-8H,1-2H3. The first-order valence-electron chi connectivity index (χ1n) is 5.18. The molecule has 0 fully saturated rings. The van der Waals surface area contributed by atoms with E-state index in [-0.39, 0.29) is 0 Å². The Labute approximate surface area is 99.3 Å². The molecule has 0 saturated carbocycles. The van der Waals surface area contributed by atoms with Gasteiger partial charge in [-0.1, -0.05) is 6.07 Å². The number of rotatable bonds is 2. The molecule has 0 aliphatic heterocycles. The van der Waals surface area contributed by atoms with Gasteiger partial charge in [-0.25, -0.2) is 9.78 Å². The van der Waals surface area contributed by atoms with Gasteiger partial charge in [0.15, 0.2) is 0 Å². The second-order valence-electron chi connectivity index (χ2n) is 3.59. The highest BCUT2D eigenvalue weighted by Crippen LogP contribution is 2.19. The van der Waals surface area contributed by atoms with E-state index in [1.54, 1.807) is 18.5 Å². The zero-order chi connectivity index (χ0) is 12.3. The summed E-state index contributed by atoms with van der Waals surface area (Å²) in [5, 5.41) is 0. The van der Waals surface area contributed by atoms with Gasteiger partial charge in [-0.05, 0) is 30.7 Å². The third-order valence-corrected chi connectivity index (χ3v) is 2.44. The number of ether oxygens (including phenoxy) is 1. The average molecular weight is 228 g/mol. The number of methoxy groups -OCH3 is 1. The molecule has 86 valence electrons. The maximum Gasteiger partial charge on any atom is 0.356 e. The van der Waals surface area contributed by atoms with E-state index in [1.165, 1.54) is 7.11 Å². The van der Waals surface area contributed by atoms with Crippen LogP contribution < -0.4 is 0 Å². The van der Waals surface area contributed by atoms with Gasteiger partial charge in [0.05, 0.1) is 12.8 Å². The lowest BCUT2D eigenvalue weighted by Gasteiger charge is -2.04. The second-order valence-corrected chi connectivity index (χ2v) is 3.59. The summed E-state index contributed by atoms with van der Waals surface area (Å²) in [7, 11) is 1.33. The van der Waals surface area contributed by atoms with E-state index in [1.807, 2.05) is 25.1 Å². The lowest BCUT2D eigenvalue weighted by Crippen LogP contribution is -2.03. The summed E-state index contributed by atoms with van der Waals surface area (Å²) < 4.78 is 4.59. The summed E-state index contributed by atoms with van der Waals surface area (Å²) in [6.45, 7) is 1.98. The molecule has 0 amide bonds. The van der Waals surface area contributed by atoms with Crippen LogP contribution in [0.15, 0.2) is 36.7 Å². The predicted octanol–water partition coefficient (Wildman–Crippen LogP) is 2.24. The van der Waals surface area contributed by atoms with Crippen LogP contribution in [0, 0.1) is 6.92 Å². The highest BCUT2D eigenvalue weighted by molar-refractivity contribution is 5.87. The molecule has 0 unspecified atom stereocenters. The fraction of sp³-hybridized carbons (Fsp3) is 0.154. The second kappa shape index (κ2) is 4.74. The van der Waals surface area contributed by atoms with Gasteiger partial charge >= 0.3 is 5.97 Å². The monoisotopic (exact) mass is 228 g/mol. The van der Waals surface area contributed by atoms with Crippen molar-refractivity contribution in [2.45, 2.75) is 6.92 Å². The van der Waals surface area contributed by atoms with Crippen molar-refractivity contribution in [1.29, 1.82) is 0 Å². The summed E-state index contributed by atoms with van der Waals surface area (Å²) in [4.78, 5) is 19.6. The molecule has 4 nitrogen and oxygen atoms in total. The summed E-state index contributed by atoms with van der Waals surface area (Å²) in [6, 6.07) is 7.31. The molecular formula is C13H12N2O2. The van der Waals surface area contributed by atoms with E-state index in [4.69, 9.17) is 0 Å². The van der Waals surface area contributed by atoms with Crippen molar-refractivity contribution < 1.29 is 9.53 Å². The Morgan fingerprint density at radius 3 is 2.65 bits per heavy atom. The first-order valence-corrected chi connectivity index (χ1v) is 5.18. The number of hydrogen-bond donors (Lipinski definition) is 0. The molecule has 17 heavy (non-hydrogen) atoms. The van der Waals surface area contributed by atoms with E-state index in [0.29, 0.717) is 5.69 Å². The smallest absolute Gasteiger partial charge is 0.356 e. The Kier molecular flexibility index (Phi) is 3.14. The number of carbonyl (C=O) groups excluding carboxylic acids is 1. The summed E-state index contributed by atoms with van der Waals surface area (Å²) in [5.74, 6) is -0.436. The van der Waals surface area contributed by atoms with Crippen LogP contribution in [0.25, 0.3) is 11.3 Å². The van der Waals surface area contributed by atoms with E-state index in [9.17, 15) is 4.79 Å². The van der Waals surface area contributed by atoms with Crippen molar-refractivity contribution in [3.63, 3.8) is 0 Å². The topological polar surface area (TPSA) is 52.1 Å². The van der Waals surface area contributed by atoms with Crippen LogP contribution in [0.3, 0.4) is 0 Å². The van der Waals surface area contributed by atoms with Gasteiger partial charge in [-0.15, -0.1) is 0 Å². The third-order valence-electron chi connectivity index (χ3n) is 2.44. The minimum absolute atomic E-state index is 0.296. The highest BCUT2D eigenvalue weighted by atomic mass is 16.5. The Morgan fingerprint density at radius 1 is 1.24 bits per heavy atom. The lowest BCUT2D eigenvalue weighted by atomic mass is 10.1. The van der Waals surface area contributed by atoms with Crippen molar-refractivity contribution in [2.75, 3.05) is 7.11 Å². The number of hydrogen-bond acceptors (Lipinski definition) is 4. The van der Waals surface area contributed by atoms with Crippen LogP contribution in [0.5, 0.6) is 0 Å². The molecule has 0 aliphatic carbocycles. The molecule has 0 atom stereocenters. The van der Waals surface area contributed by atoms with Crippen LogP contribution in [0.1, 0.15) is 16.1 Å². The Morgan fingerprint density at radius 2 is 2.06 bits per heavy atom. The van der Waals surface area contributed by atoms with Crippen molar-refractivity contribution in [3.05, 3.63) is 47.9 Å². The zero-order valence-electron chi connectivity index (χ0n) is 9.68. The molecule has 0 radical (unpaired) electrons. The summed E-state index contributed by atoms with van der Waals surface area (Å²) in [6.07, 6.45) is 3.36. The molecular weight excluding hydrogens is 216 g/mol. The molecule has 4 heteroatoms. The van der Waals surface area contributed by atoms with Gasteiger partial charge in [0, 0.05) is 18.0 Å². The summed E-state index contributed by atoms with van der Waals surface area (Å²) in [5.41, 5.74) is 3.12. The maximum atomic E-state index is 11.2. The van der Waals surface area contributed by atoms with E-state index in [2.05, 4.69) is 14.7 Å². The SMILES string of the molecule is COC(=O)c1ccc(-c2ncccc2C)cn1. The van der Waals surface area contributed by atoms with Gasteiger partial charge in [0.25, 0.3) is 0 Å². The molecule has 2 aromatic heterocycles. The highest BCUT2D eigenvalue weighted by Gasteiger charge is 2.08. The van der Waals surface area contributed by atoms with Crippen LogP contribution in [0.2, 0.25) is 0 Å². The van der Waals surface area contributed by atoms with Crippen LogP contribution in [0.4, 0.5) is 0 Å². The average Bonchev–Trinajstić information content (AvgIpc) is 2.39. The predicted molar refractivity (Wildman–Crippen MR) is 63.5 cm³/mol. The summed E-state index contributed by atoms with van der Waals surface area (Å²) >= 11 is 0. The molecule has 2 heterocycles. The number of pyridine rings is 2. The van der Waals surface area contributed by atoms with Gasteiger partial charge in [0.1, 0.15) is 5.69 Å². The minimum atomic E-state index is -0.436. The maximum absolute atomic E-state index is 11.2. The Hall–Kier alpha value is -2.23. The number of carbonyl (C=O) groups is 1. The molecule has 0 bridgehead atoms. The number of esters is 1. The fourth-order valence-electron chi connectivity index (χ4n) is 1.55. The Bertz CT molecular complexity index is 535. The van der Waals surface area contributed by atoms with Crippen LogP contribution in [-0.2, 0) is 4.74 Å². The van der Waals surface area contributed by atoms with Crippen molar-refractivity contribution >= 4 is 5.97 Å². The van der Waals surface area contributed by atoms with E-state index >= 15 is 0 Å². The molecule has 0 aliphatic rings. The van der Waals surface area contributed by atoms with Crippen LogP contribution in [-0.4, -0.2) is 23.0 Å². The molecule has 2 rings (SSSR count). The van der Waals surface area contributed by atoms with Gasteiger partial charge in [-0.3, -0.25) is 4.98 Å². The van der Waals surface area contributed by atoms with Gasteiger partial charge in [-0.2, -0.15) is 0 Å². The zero-order valence-corrected chi connectivity index (χ0v) is 9.68. The quantitative estimate of drug-likeness (QED) is 0.740. The van der Waals surface area contributed by atoms with Crippen molar-refractivity contribution in [3.8, 4) is 11.3 Å². The van der Waals surface area contributed by atoms with Crippen molar-refractivity contribution in [1.82, 2.24) is 9.97 Å². The van der Waals surface area contributed by atoms with E-state index in [0.717, 1.165) is 16.8 Å². The van der Waals surface area contributed by atoms with Crippen LogP contribution >= 0.6 is 0 Å². The normalized spacial score (nSPS) is 10.0. The lowest BCUT2D eigenvalue weighted by molar-refractivity contribution is 0.0594. The number of aryl methyl sites for hydroxylation is 1. The molecule has 0 spiro atoms. The first kappa shape index (κ1) is 11.3. The fourth-order valence-corrected chi connectivity index (χ4v) is 1.55. The van der Waals surface area contributed by atoms with Crippen molar-refractivity contribution in [2.24, 2.45) is 0 Å². The molecule has 0 N–H and O–H groups in total. The number of nitrogens with zero attached hydrogens (tertiary/aromatic N) is 2. The Balaban J connectivity index is 2.36. The van der Waals surface area contributed by atoms with E-state index < -0.39 is 5.97 Å². The molecule has 0 saturated heterocycles. The van der Waals surface area contributed by atoms with Gasteiger partial charge in [0.2, 0.25) is 0 Å². The molecule has 2 aromatic rings. The largest absolute Gasteiger partial charge is 0.464 e. The minimum Gasteiger partial charge on any atom is -0.464 e. The third kappa shape index (κ3) is 2.30.